The third-order valence-corrected chi connectivity index (χ3v) is 7.76. The van der Waals surface area contributed by atoms with Gasteiger partial charge in [0.2, 0.25) is 6.29 Å². The predicted molar refractivity (Wildman–Crippen MR) is 154 cm³/mol. The summed E-state index contributed by atoms with van der Waals surface area (Å²) in [7, 11) is 1.97. The first-order chi connectivity index (χ1) is 20.7. The zero-order valence-corrected chi connectivity index (χ0v) is 23.7. The van der Waals surface area contributed by atoms with Gasteiger partial charge in [-0.15, -0.1) is 0 Å². The van der Waals surface area contributed by atoms with Gasteiger partial charge < -0.3 is 49.4 Å². The van der Waals surface area contributed by atoms with Crippen molar-refractivity contribution in [1.29, 1.82) is 0 Å². The minimum absolute atomic E-state index is 0.0578. The third kappa shape index (κ3) is 7.27. The number of likely N-dealkylation sites (N-methyl/N-ethyl adjacent to an activating group) is 1. The molecule has 1 fully saturated rings. The van der Waals surface area contributed by atoms with Crippen LogP contribution >= 0.6 is 0 Å². The number of hydrogen-bond acceptors (Lipinski definition) is 10. The number of ether oxygens (including phenoxy) is 4. The smallest absolute Gasteiger partial charge is 0.335 e. The van der Waals surface area contributed by atoms with Crippen molar-refractivity contribution in [3.8, 4) is 17.2 Å². The lowest BCUT2D eigenvalue weighted by Crippen LogP contribution is -2.61. The van der Waals surface area contributed by atoms with Crippen LogP contribution in [-0.2, 0) is 16.1 Å². The van der Waals surface area contributed by atoms with Gasteiger partial charge in [0.1, 0.15) is 54.9 Å². The van der Waals surface area contributed by atoms with E-state index in [9.17, 15) is 30.3 Å². The van der Waals surface area contributed by atoms with E-state index in [-0.39, 0.29) is 18.3 Å². The van der Waals surface area contributed by atoms with Crippen LogP contribution in [0.1, 0.15) is 29.0 Å². The van der Waals surface area contributed by atoms with Gasteiger partial charge in [-0.05, 0) is 61.5 Å². The Morgan fingerprint density at radius 1 is 0.930 bits per heavy atom. The van der Waals surface area contributed by atoms with Gasteiger partial charge in [0.15, 0.2) is 6.10 Å². The summed E-state index contributed by atoms with van der Waals surface area (Å²) in [4.78, 5) is 13.4. The lowest BCUT2D eigenvalue weighted by Gasteiger charge is -2.38. The Hall–Kier alpha value is -3.71. The van der Waals surface area contributed by atoms with Crippen LogP contribution in [0.3, 0.4) is 0 Å². The molecule has 5 rings (SSSR count). The number of carbonyl (C=O) groups is 1. The van der Waals surface area contributed by atoms with Gasteiger partial charge in [-0.3, -0.25) is 0 Å². The summed E-state index contributed by atoms with van der Waals surface area (Å²) in [5, 5.41) is 49.7. The van der Waals surface area contributed by atoms with Crippen molar-refractivity contribution in [2.24, 2.45) is 0 Å². The fourth-order valence-corrected chi connectivity index (χ4v) is 5.48. The van der Waals surface area contributed by atoms with Crippen molar-refractivity contribution in [1.82, 2.24) is 4.90 Å². The van der Waals surface area contributed by atoms with E-state index in [1.165, 1.54) is 23.3 Å². The first kappa shape index (κ1) is 30.7. The molecule has 0 radical (unpaired) electrons. The molecule has 3 aromatic carbocycles. The Labute approximate surface area is 249 Å². The highest BCUT2D eigenvalue weighted by Gasteiger charge is 2.48. The van der Waals surface area contributed by atoms with E-state index in [1.807, 2.05) is 31.3 Å². The highest BCUT2D eigenvalue weighted by atomic mass is 16.7. The number of aliphatic hydroxyl groups is 4. The van der Waals surface area contributed by atoms with Gasteiger partial charge in [0.25, 0.3) is 0 Å². The van der Waals surface area contributed by atoms with Crippen molar-refractivity contribution < 1.29 is 49.3 Å². The van der Waals surface area contributed by atoms with Crippen LogP contribution in [-0.4, -0.2) is 100.0 Å². The molecule has 2 aliphatic rings. The van der Waals surface area contributed by atoms with E-state index in [0.29, 0.717) is 18.9 Å². The van der Waals surface area contributed by atoms with E-state index in [2.05, 4.69) is 29.2 Å². The standard InChI is InChI=1S/C32H37NO10/c1-33(15-14-24-23-7-3-2-6-19(23)17-41-26-9-5-4-8-25(24)26)16-20(34)18-40-21-10-12-22(13-11-21)42-32-29(37)27(35)28(36)30(43-32)31(38)39/h2-13,20,24,27-30,32,34-37H,14-18H2,1H3,(H,38,39). The van der Waals surface area contributed by atoms with Gasteiger partial charge in [-0.2, -0.15) is 0 Å². The molecule has 43 heavy (non-hydrogen) atoms. The van der Waals surface area contributed by atoms with Crippen molar-refractivity contribution in [2.75, 3.05) is 26.7 Å². The van der Waals surface area contributed by atoms with Crippen molar-refractivity contribution in [3.05, 3.63) is 89.5 Å². The Morgan fingerprint density at radius 3 is 2.35 bits per heavy atom. The molecule has 0 aliphatic carbocycles. The quantitative estimate of drug-likeness (QED) is 0.220. The van der Waals surface area contributed by atoms with E-state index >= 15 is 0 Å². The summed E-state index contributed by atoms with van der Waals surface area (Å²) >= 11 is 0. The predicted octanol–water partition coefficient (Wildman–Crippen LogP) is 1.74. The normalized spacial score (nSPS) is 25.5. The zero-order chi connectivity index (χ0) is 30.5. The number of nitrogens with zero attached hydrogens (tertiary/aromatic N) is 1. The molecule has 2 aliphatic heterocycles. The Balaban J connectivity index is 1.11. The summed E-state index contributed by atoms with van der Waals surface area (Å²) in [6.07, 6.45) is -8.36. The van der Waals surface area contributed by atoms with Crippen LogP contribution in [0.2, 0.25) is 0 Å². The summed E-state index contributed by atoms with van der Waals surface area (Å²) in [5.74, 6) is 0.269. The number of aliphatic carboxylic acids is 1. The van der Waals surface area contributed by atoms with E-state index in [1.54, 1.807) is 12.1 Å². The molecule has 0 bridgehead atoms. The Kier molecular flexibility index (Phi) is 9.81. The molecule has 11 heteroatoms. The van der Waals surface area contributed by atoms with Crippen LogP contribution in [0.25, 0.3) is 0 Å². The highest BCUT2D eigenvalue weighted by Crippen LogP contribution is 2.39. The molecule has 2 heterocycles. The summed E-state index contributed by atoms with van der Waals surface area (Å²) in [6.45, 7) is 1.75. The largest absolute Gasteiger partial charge is 0.491 e. The summed E-state index contributed by atoms with van der Waals surface area (Å²) in [6, 6.07) is 22.7. The molecule has 0 saturated carbocycles. The topological polar surface area (TPSA) is 158 Å². The third-order valence-electron chi connectivity index (χ3n) is 7.76. The van der Waals surface area contributed by atoms with E-state index in [4.69, 9.17) is 18.9 Å². The molecule has 1 saturated heterocycles. The average Bonchev–Trinajstić information content (AvgIpc) is 3.16. The fourth-order valence-electron chi connectivity index (χ4n) is 5.48. The van der Waals surface area contributed by atoms with Crippen LogP contribution in [0, 0.1) is 0 Å². The second kappa shape index (κ2) is 13.7. The van der Waals surface area contributed by atoms with Crippen LogP contribution in [0.15, 0.2) is 72.8 Å². The molecular formula is C32H37NO10. The summed E-state index contributed by atoms with van der Waals surface area (Å²) < 4.78 is 22.5. The van der Waals surface area contributed by atoms with Crippen LogP contribution in [0.5, 0.6) is 17.2 Å². The molecule has 11 nitrogen and oxygen atoms in total. The molecule has 0 spiro atoms. The second-order valence-electron chi connectivity index (χ2n) is 10.9. The maximum atomic E-state index is 11.3. The first-order valence-electron chi connectivity index (χ1n) is 14.2. The van der Waals surface area contributed by atoms with Gasteiger partial charge >= 0.3 is 5.97 Å². The molecular weight excluding hydrogens is 558 g/mol. The van der Waals surface area contributed by atoms with Crippen molar-refractivity contribution >= 4 is 5.97 Å². The molecule has 5 N–H and O–H groups in total. The Bertz CT molecular complexity index is 1320. The van der Waals surface area contributed by atoms with Crippen molar-refractivity contribution in [2.45, 2.75) is 55.8 Å². The number of carboxylic acids is 1. The number of benzene rings is 3. The molecule has 7 unspecified atom stereocenters. The second-order valence-corrected chi connectivity index (χ2v) is 10.9. The minimum Gasteiger partial charge on any atom is -0.491 e. The van der Waals surface area contributed by atoms with Gasteiger partial charge in [0, 0.05) is 18.0 Å². The number of fused-ring (bicyclic) bond motifs is 2. The van der Waals surface area contributed by atoms with E-state index in [0.717, 1.165) is 24.3 Å². The number of aliphatic hydroxyl groups excluding tert-OH is 4. The molecule has 230 valence electrons. The maximum Gasteiger partial charge on any atom is 0.335 e. The lowest BCUT2D eigenvalue weighted by molar-refractivity contribution is -0.271. The molecule has 0 aromatic heterocycles. The minimum atomic E-state index is -1.80. The van der Waals surface area contributed by atoms with Gasteiger partial charge in [-0.25, -0.2) is 4.79 Å². The number of carboxylic acid groups (broad SMARTS) is 1. The Morgan fingerprint density at radius 2 is 1.60 bits per heavy atom. The highest BCUT2D eigenvalue weighted by molar-refractivity contribution is 5.73. The summed E-state index contributed by atoms with van der Waals surface area (Å²) in [5.41, 5.74) is 3.61. The molecule has 7 atom stereocenters. The zero-order valence-electron chi connectivity index (χ0n) is 23.7. The monoisotopic (exact) mass is 595 g/mol. The fraction of sp³-hybridized carbons (Fsp3) is 0.406. The van der Waals surface area contributed by atoms with Crippen molar-refractivity contribution in [3.63, 3.8) is 0 Å². The van der Waals surface area contributed by atoms with E-state index < -0.39 is 42.8 Å². The molecule has 0 amide bonds. The van der Waals surface area contributed by atoms with Gasteiger partial charge in [-0.1, -0.05) is 42.5 Å². The number of rotatable bonds is 11. The van der Waals surface area contributed by atoms with Crippen LogP contribution < -0.4 is 14.2 Å². The average molecular weight is 596 g/mol. The lowest BCUT2D eigenvalue weighted by atomic mass is 9.86. The molecule has 3 aromatic rings. The maximum absolute atomic E-state index is 11.3. The SMILES string of the molecule is CN(CCC1c2ccccc2COc2ccccc21)CC(O)COc1ccc(OC2OC(C(=O)O)C(O)C(O)C2O)cc1. The van der Waals surface area contributed by atoms with Crippen LogP contribution in [0.4, 0.5) is 0 Å². The van der Waals surface area contributed by atoms with Gasteiger partial charge in [0.05, 0.1) is 0 Å². The number of hydrogen-bond donors (Lipinski definition) is 5. The first-order valence-corrected chi connectivity index (χ1v) is 14.2. The number of para-hydroxylation sites is 1.